The van der Waals surface area contributed by atoms with Crippen LogP contribution in [0.15, 0.2) is 23.8 Å². The molecule has 4 heteroatoms. The normalized spacial score (nSPS) is 25.2. The highest BCUT2D eigenvalue weighted by Gasteiger charge is 2.34. The van der Waals surface area contributed by atoms with Gasteiger partial charge in [0.2, 0.25) is 5.78 Å². The molecule has 0 aliphatic heterocycles. The van der Waals surface area contributed by atoms with Crippen molar-refractivity contribution < 1.29 is 14.3 Å². The van der Waals surface area contributed by atoms with Crippen molar-refractivity contribution in [3.05, 3.63) is 23.8 Å². The highest BCUT2D eigenvalue weighted by atomic mass is 16.6. The van der Waals surface area contributed by atoms with Crippen LogP contribution in [0.3, 0.4) is 0 Å². The lowest BCUT2D eigenvalue weighted by Gasteiger charge is -2.24. The van der Waals surface area contributed by atoms with Gasteiger partial charge in [-0.15, -0.1) is 0 Å². The quantitative estimate of drug-likeness (QED) is 0.577. The van der Waals surface area contributed by atoms with Gasteiger partial charge < -0.3 is 4.74 Å². The molecule has 1 aliphatic carbocycles. The fraction of sp³-hybridized carbons (Fsp3) is 0.300. The fourth-order valence-corrected chi connectivity index (χ4v) is 1.19. The van der Waals surface area contributed by atoms with E-state index in [9.17, 15) is 9.59 Å². The number of hydrogen-bond acceptors (Lipinski definition) is 4. The van der Waals surface area contributed by atoms with Gasteiger partial charge in [-0.3, -0.25) is 9.59 Å². The number of esters is 1. The van der Waals surface area contributed by atoms with E-state index in [2.05, 4.69) is 0 Å². The van der Waals surface area contributed by atoms with Gasteiger partial charge in [-0.25, -0.2) is 0 Å². The Bertz CT molecular complexity index is 387. The van der Waals surface area contributed by atoms with Crippen LogP contribution in [0.4, 0.5) is 0 Å². The molecule has 0 spiro atoms. The molecular weight excluding hydrogens is 182 g/mol. The molecule has 14 heavy (non-hydrogen) atoms. The zero-order chi connectivity index (χ0) is 10.8. The van der Waals surface area contributed by atoms with Gasteiger partial charge in [0.25, 0.3) is 0 Å². The van der Waals surface area contributed by atoms with E-state index in [1.165, 1.54) is 32.1 Å². The maximum atomic E-state index is 11.4. The first-order valence-corrected chi connectivity index (χ1v) is 4.03. The molecular formula is C10H9NO3. The van der Waals surface area contributed by atoms with Gasteiger partial charge in [-0.2, -0.15) is 5.26 Å². The van der Waals surface area contributed by atoms with Crippen molar-refractivity contribution in [1.29, 1.82) is 5.26 Å². The Morgan fingerprint density at radius 1 is 1.57 bits per heavy atom. The van der Waals surface area contributed by atoms with E-state index >= 15 is 0 Å². The van der Waals surface area contributed by atoms with Crippen LogP contribution in [0, 0.1) is 11.3 Å². The second-order valence-electron chi connectivity index (χ2n) is 3.11. The number of carbonyl (C=O) groups excluding carboxylic acids is 2. The van der Waals surface area contributed by atoms with Gasteiger partial charge in [0.1, 0.15) is 0 Å². The first-order chi connectivity index (χ1) is 6.48. The molecule has 0 bridgehead atoms. The van der Waals surface area contributed by atoms with Gasteiger partial charge >= 0.3 is 5.97 Å². The Balaban J connectivity index is 3.03. The lowest BCUT2D eigenvalue weighted by molar-refractivity contribution is -0.157. The zero-order valence-electron chi connectivity index (χ0n) is 7.90. The maximum Gasteiger partial charge on any atom is 0.303 e. The summed E-state index contributed by atoms with van der Waals surface area (Å²) < 4.78 is 4.86. The Hall–Kier alpha value is -1.89. The molecule has 4 nitrogen and oxygen atoms in total. The molecule has 0 radical (unpaired) electrons. The summed E-state index contributed by atoms with van der Waals surface area (Å²) in [6, 6.07) is 1.88. The van der Waals surface area contributed by atoms with Crippen LogP contribution in [0.1, 0.15) is 13.8 Å². The molecule has 0 saturated carbocycles. The van der Waals surface area contributed by atoms with Crippen LogP contribution < -0.4 is 0 Å². The number of nitriles is 1. The second kappa shape index (κ2) is 3.46. The Labute approximate surface area is 81.5 Å². The van der Waals surface area contributed by atoms with Gasteiger partial charge in [0.15, 0.2) is 5.60 Å². The van der Waals surface area contributed by atoms with Crippen molar-refractivity contribution in [3.8, 4) is 6.07 Å². The smallest absolute Gasteiger partial charge is 0.303 e. The Kier molecular flexibility index (Phi) is 2.52. The van der Waals surface area contributed by atoms with Crippen LogP contribution in [-0.4, -0.2) is 17.4 Å². The monoisotopic (exact) mass is 191 g/mol. The van der Waals surface area contributed by atoms with Crippen LogP contribution in [0.25, 0.3) is 0 Å². The minimum Gasteiger partial charge on any atom is -0.447 e. The standard InChI is InChI=1S/C10H9NO3/c1-7(12)14-10(2)5-8(6-11)3-4-9(10)13/h3-5H,1-2H3. The molecule has 0 aromatic carbocycles. The number of carbonyl (C=O) groups is 2. The molecule has 1 aliphatic rings. The lowest BCUT2D eigenvalue weighted by Crippen LogP contribution is -2.38. The topological polar surface area (TPSA) is 67.2 Å². The summed E-state index contributed by atoms with van der Waals surface area (Å²) in [6.07, 6.45) is 3.98. The minimum atomic E-state index is -1.33. The SMILES string of the molecule is CC(=O)OC1(C)C=C(C#N)C=CC1=O. The van der Waals surface area contributed by atoms with Crippen molar-refractivity contribution in [2.24, 2.45) is 0 Å². The molecule has 0 N–H and O–H groups in total. The maximum absolute atomic E-state index is 11.4. The molecule has 0 fully saturated rings. The average molecular weight is 191 g/mol. The third-order valence-electron chi connectivity index (χ3n) is 1.82. The van der Waals surface area contributed by atoms with E-state index in [-0.39, 0.29) is 5.78 Å². The summed E-state index contributed by atoms with van der Waals surface area (Å²) in [6.45, 7) is 2.67. The number of ether oxygens (including phenoxy) is 1. The molecule has 0 heterocycles. The summed E-state index contributed by atoms with van der Waals surface area (Å²) in [5.41, 5.74) is -1.01. The Morgan fingerprint density at radius 3 is 2.71 bits per heavy atom. The van der Waals surface area contributed by atoms with Crippen molar-refractivity contribution in [3.63, 3.8) is 0 Å². The first-order valence-electron chi connectivity index (χ1n) is 4.03. The average Bonchev–Trinajstić information content (AvgIpc) is 2.08. The van der Waals surface area contributed by atoms with Crippen molar-refractivity contribution in [2.75, 3.05) is 0 Å². The summed E-state index contributed by atoms with van der Waals surface area (Å²) in [5.74, 6) is -0.892. The highest BCUT2D eigenvalue weighted by Crippen LogP contribution is 2.21. The number of ketones is 1. The van der Waals surface area contributed by atoms with E-state index in [1.807, 2.05) is 6.07 Å². The fourth-order valence-electron chi connectivity index (χ4n) is 1.19. The van der Waals surface area contributed by atoms with Crippen molar-refractivity contribution >= 4 is 11.8 Å². The first kappa shape index (κ1) is 10.2. The number of nitrogens with zero attached hydrogens (tertiary/aromatic N) is 1. The lowest BCUT2D eigenvalue weighted by atomic mass is 9.92. The van der Waals surface area contributed by atoms with E-state index in [0.29, 0.717) is 5.57 Å². The molecule has 1 unspecified atom stereocenters. The largest absolute Gasteiger partial charge is 0.447 e. The van der Waals surface area contributed by atoms with Gasteiger partial charge in [0, 0.05) is 6.92 Å². The molecule has 1 rings (SSSR count). The highest BCUT2D eigenvalue weighted by molar-refractivity contribution is 6.01. The van der Waals surface area contributed by atoms with Gasteiger partial charge in [-0.05, 0) is 25.2 Å². The molecule has 0 aromatic rings. The van der Waals surface area contributed by atoms with Crippen LogP contribution >= 0.6 is 0 Å². The Morgan fingerprint density at radius 2 is 2.21 bits per heavy atom. The van der Waals surface area contributed by atoms with E-state index in [4.69, 9.17) is 10.00 Å². The van der Waals surface area contributed by atoms with E-state index in [0.717, 1.165) is 0 Å². The predicted molar refractivity (Wildman–Crippen MR) is 48.0 cm³/mol. The number of allylic oxidation sites excluding steroid dienone is 2. The predicted octanol–water partition coefficient (Wildman–Crippen LogP) is 0.897. The summed E-state index contributed by atoms with van der Waals surface area (Å²) >= 11 is 0. The molecule has 0 saturated heterocycles. The van der Waals surface area contributed by atoms with Crippen molar-refractivity contribution in [2.45, 2.75) is 19.4 Å². The third-order valence-corrected chi connectivity index (χ3v) is 1.82. The van der Waals surface area contributed by atoms with E-state index in [1.54, 1.807) is 0 Å². The molecule has 0 amide bonds. The van der Waals surface area contributed by atoms with Crippen molar-refractivity contribution in [1.82, 2.24) is 0 Å². The summed E-state index contributed by atoms with van der Waals surface area (Å²) in [4.78, 5) is 22.1. The van der Waals surface area contributed by atoms with Crippen LogP contribution in [0.5, 0.6) is 0 Å². The van der Waals surface area contributed by atoms with Crippen LogP contribution in [-0.2, 0) is 14.3 Å². The molecule has 1 atom stereocenters. The van der Waals surface area contributed by atoms with Crippen LogP contribution in [0.2, 0.25) is 0 Å². The summed E-state index contributed by atoms with van der Waals surface area (Å²) in [7, 11) is 0. The molecule has 0 aromatic heterocycles. The second-order valence-corrected chi connectivity index (χ2v) is 3.11. The van der Waals surface area contributed by atoms with Gasteiger partial charge in [0.05, 0.1) is 11.6 Å². The third kappa shape index (κ3) is 1.88. The number of hydrogen-bond donors (Lipinski definition) is 0. The molecule has 72 valence electrons. The van der Waals surface area contributed by atoms with Gasteiger partial charge in [-0.1, -0.05) is 0 Å². The van der Waals surface area contributed by atoms with E-state index < -0.39 is 11.6 Å². The summed E-state index contributed by atoms with van der Waals surface area (Å²) in [5, 5.41) is 8.62. The zero-order valence-corrected chi connectivity index (χ0v) is 7.90. The minimum absolute atomic E-state index is 0.313. The number of rotatable bonds is 1.